The van der Waals surface area contributed by atoms with E-state index in [1.165, 1.54) is 29.0 Å². The standard InChI is InChI=1S/C21H14N4O4/c26-18(23-24-19(27)17-10-3-4-11-22-17)13-6-5-7-14(12-13)25-20(28)15-8-1-2-9-16(15)21(25)29/h1-12,28-29H. The molecule has 29 heavy (non-hydrogen) atoms. The summed E-state index contributed by atoms with van der Waals surface area (Å²) in [6.07, 6.45) is 1.44. The van der Waals surface area contributed by atoms with E-state index in [0.717, 1.165) is 0 Å². The number of amides is 2. The van der Waals surface area contributed by atoms with Crippen molar-refractivity contribution in [3.05, 3.63) is 84.2 Å². The van der Waals surface area contributed by atoms with Gasteiger partial charge in [0.1, 0.15) is 5.69 Å². The van der Waals surface area contributed by atoms with Crippen molar-refractivity contribution in [2.75, 3.05) is 0 Å². The summed E-state index contributed by atoms with van der Waals surface area (Å²) in [7, 11) is 0. The van der Waals surface area contributed by atoms with Crippen molar-refractivity contribution in [1.82, 2.24) is 9.55 Å². The Morgan fingerprint density at radius 3 is 2.10 bits per heavy atom. The van der Waals surface area contributed by atoms with E-state index in [1.54, 1.807) is 48.5 Å². The van der Waals surface area contributed by atoms with E-state index in [0.29, 0.717) is 16.5 Å². The Hall–Kier alpha value is -4.33. The molecule has 8 nitrogen and oxygen atoms in total. The Morgan fingerprint density at radius 1 is 0.793 bits per heavy atom. The minimum Gasteiger partial charge on any atom is -0.494 e. The normalized spacial score (nSPS) is 11.2. The average molecular weight is 386 g/mol. The van der Waals surface area contributed by atoms with Crippen molar-refractivity contribution >= 4 is 22.6 Å². The maximum atomic E-state index is 12.3. The van der Waals surface area contributed by atoms with Gasteiger partial charge >= 0.3 is 5.91 Å². The molecule has 2 aromatic heterocycles. The van der Waals surface area contributed by atoms with Crippen LogP contribution in [0.4, 0.5) is 0 Å². The lowest BCUT2D eigenvalue weighted by atomic mass is 10.2. The van der Waals surface area contributed by atoms with Gasteiger partial charge in [-0.3, -0.25) is 19.1 Å². The van der Waals surface area contributed by atoms with Gasteiger partial charge in [0.25, 0.3) is 5.91 Å². The molecule has 4 aromatic rings. The molecular formula is C21H14N4O4. The SMILES string of the molecule is O=C(N=NC(=O)c1ccccn1)c1cccc(-n2c(O)c3ccccc3c2O)c1. The number of aromatic hydroxyl groups is 2. The summed E-state index contributed by atoms with van der Waals surface area (Å²) >= 11 is 0. The molecule has 2 N–H and O–H groups in total. The third kappa shape index (κ3) is 3.34. The molecule has 0 fully saturated rings. The van der Waals surface area contributed by atoms with Gasteiger partial charge in [-0.25, -0.2) is 0 Å². The van der Waals surface area contributed by atoms with Gasteiger partial charge in [0.2, 0.25) is 11.8 Å². The summed E-state index contributed by atoms with van der Waals surface area (Å²) in [6.45, 7) is 0. The number of nitrogens with zero attached hydrogens (tertiary/aromatic N) is 4. The first-order valence-electron chi connectivity index (χ1n) is 8.59. The Kier molecular flexibility index (Phi) is 4.58. The molecule has 0 spiro atoms. The van der Waals surface area contributed by atoms with Crippen LogP contribution in [0.2, 0.25) is 0 Å². The number of azo groups is 1. The predicted molar refractivity (Wildman–Crippen MR) is 104 cm³/mol. The highest BCUT2D eigenvalue weighted by Crippen LogP contribution is 2.38. The predicted octanol–water partition coefficient (Wildman–Crippen LogP) is 3.87. The van der Waals surface area contributed by atoms with Crippen molar-refractivity contribution in [2.45, 2.75) is 0 Å². The fraction of sp³-hybridized carbons (Fsp3) is 0. The molecule has 2 amide bonds. The molecule has 0 aliphatic heterocycles. The summed E-state index contributed by atoms with van der Waals surface area (Å²) in [5, 5.41) is 28.8. The van der Waals surface area contributed by atoms with E-state index in [9.17, 15) is 19.8 Å². The van der Waals surface area contributed by atoms with Gasteiger partial charge in [0, 0.05) is 22.5 Å². The van der Waals surface area contributed by atoms with Crippen LogP contribution in [-0.2, 0) is 0 Å². The van der Waals surface area contributed by atoms with E-state index in [1.807, 2.05) is 0 Å². The number of pyridine rings is 1. The number of aromatic nitrogens is 2. The van der Waals surface area contributed by atoms with Gasteiger partial charge in [-0.05, 0) is 42.5 Å². The zero-order valence-electron chi connectivity index (χ0n) is 14.9. The van der Waals surface area contributed by atoms with Gasteiger partial charge in [0.05, 0.1) is 5.69 Å². The molecule has 0 saturated heterocycles. The van der Waals surface area contributed by atoms with Crippen LogP contribution in [0.25, 0.3) is 16.5 Å². The highest BCUT2D eigenvalue weighted by Gasteiger charge is 2.17. The lowest BCUT2D eigenvalue weighted by Crippen LogP contribution is -2.01. The Labute approximate surface area is 164 Å². The van der Waals surface area contributed by atoms with Crippen molar-refractivity contribution in [2.24, 2.45) is 10.2 Å². The van der Waals surface area contributed by atoms with Crippen LogP contribution in [0.3, 0.4) is 0 Å². The van der Waals surface area contributed by atoms with Crippen molar-refractivity contribution < 1.29 is 19.8 Å². The Morgan fingerprint density at radius 2 is 1.45 bits per heavy atom. The molecule has 2 aromatic carbocycles. The minimum atomic E-state index is -0.744. The lowest BCUT2D eigenvalue weighted by molar-refractivity contribution is 0.0944. The van der Waals surface area contributed by atoms with Crippen LogP contribution in [-0.4, -0.2) is 31.6 Å². The largest absolute Gasteiger partial charge is 0.494 e. The lowest BCUT2D eigenvalue weighted by Gasteiger charge is -2.07. The number of benzene rings is 2. The molecular weight excluding hydrogens is 372 g/mol. The van der Waals surface area contributed by atoms with Crippen LogP contribution < -0.4 is 0 Å². The number of fused-ring (bicyclic) bond motifs is 1. The summed E-state index contributed by atoms with van der Waals surface area (Å²) in [4.78, 5) is 28.1. The molecule has 0 aliphatic rings. The highest BCUT2D eigenvalue weighted by atomic mass is 16.3. The summed E-state index contributed by atoms with van der Waals surface area (Å²) in [6, 6.07) is 17.7. The van der Waals surface area contributed by atoms with E-state index in [4.69, 9.17) is 0 Å². The maximum Gasteiger partial charge on any atom is 0.314 e. The van der Waals surface area contributed by atoms with Gasteiger partial charge in [-0.1, -0.05) is 24.3 Å². The number of hydrogen-bond acceptors (Lipinski definition) is 5. The van der Waals surface area contributed by atoms with Crippen LogP contribution >= 0.6 is 0 Å². The van der Waals surface area contributed by atoms with Crippen LogP contribution in [0.1, 0.15) is 20.8 Å². The van der Waals surface area contributed by atoms with Gasteiger partial charge in [0.15, 0.2) is 0 Å². The summed E-state index contributed by atoms with van der Waals surface area (Å²) in [5.74, 6) is -1.79. The molecule has 142 valence electrons. The molecule has 0 radical (unpaired) electrons. The van der Waals surface area contributed by atoms with E-state index < -0.39 is 11.8 Å². The third-order valence-corrected chi connectivity index (χ3v) is 4.30. The number of rotatable bonds is 3. The molecule has 0 saturated carbocycles. The molecule has 0 aliphatic carbocycles. The van der Waals surface area contributed by atoms with Gasteiger partial charge in [-0.2, -0.15) is 0 Å². The summed E-state index contributed by atoms with van der Waals surface area (Å²) < 4.78 is 1.22. The van der Waals surface area contributed by atoms with Gasteiger partial charge < -0.3 is 10.2 Å². The molecule has 2 heterocycles. The number of hydrogen-bond donors (Lipinski definition) is 2. The number of carbonyl (C=O) groups is 2. The zero-order valence-corrected chi connectivity index (χ0v) is 14.9. The summed E-state index contributed by atoms with van der Waals surface area (Å²) in [5.41, 5.74) is 0.566. The van der Waals surface area contributed by atoms with Gasteiger partial charge in [-0.15, -0.1) is 10.2 Å². The molecule has 8 heteroatoms. The van der Waals surface area contributed by atoms with Crippen LogP contribution in [0.15, 0.2) is 83.2 Å². The van der Waals surface area contributed by atoms with Crippen LogP contribution in [0.5, 0.6) is 11.8 Å². The second kappa shape index (κ2) is 7.35. The first kappa shape index (κ1) is 18.1. The molecule has 0 unspecified atom stereocenters. The first-order chi connectivity index (χ1) is 14.1. The van der Waals surface area contributed by atoms with E-state index in [2.05, 4.69) is 15.2 Å². The molecule has 4 rings (SSSR count). The zero-order chi connectivity index (χ0) is 20.4. The maximum absolute atomic E-state index is 12.3. The van der Waals surface area contributed by atoms with Crippen LogP contribution in [0, 0.1) is 0 Å². The Balaban J connectivity index is 1.65. The highest BCUT2D eigenvalue weighted by molar-refractivity contribution is 5.98. The molecule has 0 bridgehead atoms. The van der Waals surface area contributed by atoms with Crippen molar-refractivity contribution in [3.8, 4) is 17.4 Å². The fourth-order valence-corrected chi connectivity index (χ4v) is 2.93. The van der Waals surface area contributed by atoms with Crippen molar-refractivity contribution in [3.63, 3.8) is 0 Å². The smallest absolute Gasteiger partial charge is 0.314 e. The first-order valence-corrected chi connectivity index (χ1v) is 8.59. The number of carbonyl (C=O) groups excluding carboxylic acids is 2. The second-order valence-corrected chi connectivity index (χ2v) is 6.10. The fourth-order valence-electron chi connectivity index (χ4n) is 2.93. The quantitative estimate of drug-likeness (QED) is 0.518. The molecule has 0 atom stereocenters. The Bertz CT molecular complexity index is 1220. The monoisotopic (exact) mass is 386 g/mol. The van der Waals surface area contributed by atoms with E-state index >= 15 is 0 Å². The second-order valence-electron chi connectivity index (χ2n) is 6.10. The average Bonchev–Trinajstić information content (AvgIpc) is 3.03. The third-order valence-electron chi connectivity index (χ3n) is 4.30. The van der Waals surface area contributed by atoms with Crippen molar-refractivity contribution in [1.29, 1.82) is 0 Å². The minimum absolute atomic E-state index is 0.0756. The van der Waals surface area contributed by atoms with E-state index in [-0.39, 0.29) is 23.0 Å². The topological polar surface area (TPSA) is 117 Å².